The van der Waals surface area contributed by atoms with Gasteiger partial charge >= 0.3 is 6.03 Å². The smallest absolute Gasteiger partial charge is 0.319 e. The van der Waals surface area contributed by atoms with Crippen molar-refractivity contribution in [2.24, 2.45) is 0 Å². The molecule has 1 aliphatic rings. The minimum atomic E-state index is -0.300. The van der Waals surface area contributed by atoms with Crippen LogP contribution in [0.1, 0.15) is 24.5 Å². The van der Waals surface area contributed by atoms with Gasteiger partial charge in [-0.05, 0) is 68.3 Å². The number of hydrogen-bond donors (Lipinski definition) is 2. The van der Waals surface area contributed by atoms with Crippen molar-refractivity contribution in [1.82, 2.24) is 5.32 Å². The fourth-order valence-electron chi connectivity index (χ4n) is 3.34. The van der Waals surface area contributed by atoms with Gasteiger partial charge in [-0.3, -0.25) is 4.79 Å². The van der Waals surface area contributed by atoms with E-state index in [9.17, 15) is 9.59 Å². The molecule has 3 rings (SSSR count). The molecule has 0 saturated carbocycles. The Bertz CT molecular complexity index is 813. The number of amides is 3. The van der Waals surface area contributed by atoms with Gasteiger partial charge in [0.25, 0.3) is 0 Å². The molecule has 1 saturated heterocycles. The zero-order chi connectivity index (χ0) is 19.4. The summed E-state index contributed by atoms with van der Waals surface area (Å²) in [6, 6.07) is 12.8. The number of aryl methyl sites for hydroxylation is 2. The summed E-state index contributed by atoms with van der Waals surface area (Å²) < 4.78 is 5.43. The van der Waals surface area contributed by atoms with Crippen LogP contribution in [0.25, 0.3) is 0 Å². The Morgan fingerprint density at radius 3 is 2.44 bits per heavy atom. The van der Waals surface area contributed by atoms with Crippen LogP contribution in [0.3, 0.4) is 0 Å². The van der Waals surface area contributed by atoms with E-state index in [2.05, 4.69) is 10.6 Å². The molecule has 1 fully saturated rings. The quantitative estimate of drug-likeness (QED) is 0.848. The fourth-order valence-corrected chi connectivity index (χ4v) is 3.34. The van der Waals surface area contributed by atoms with E-state index in [1.54, 1.807) is 4.90 Å². The normalized spacial score (nSPS) is 16.3. The third-order valence-corrected chi connectivity index (χ3v) is 4.40. The zero-order valence-electron chi connectivity index (χ0n) is 15.9. The van der Waals surface area contributed by atoms with E-state index in [-0.39, 0.29) is 24.4 Å². The zero-order valence-corrected chi connectivity index (χ0v) is 15.9. The van der Waals surface area contributed by atoms with Gasteiger partial charge in [-0.15, -0.1) is 0 Å². The average Bonchev–Trinajstić information content (AvgIpc) is 2.95. The van der Waals surface area contributed by atoms with Gasteiger partial charge in [0.2, 0.25) is 5.91 Å². The lowest BCUT2D eigenvalue weighted by Gasteiger charge is -2.18. The van der Waals surface area contributed by atoms with Crippen molar-refractivity contribution >= 4 is 23.3 Å². The number of carbonyl (C=O) groups excluding carboxylic acids is 2. The Labute approximate surface area is 159 Å². The minimum Gasteiger partial charge on any atom is -0.494 e. The lowest BCUT2D eigenvalue weighted by molar-refractivity contribution is -0.117. The largest absolute Gasteiger partial charge is 0.494 e. The molecular formula is C21H25N3O3. The molecule has 142 valence electrons. The second-order valence-electron chi connectivity index (χ2n) is 6.81. The second kappa shape index (κ2) is 8.12. The van der Waals surface area contributed by atoms with Crippen LogP contribution in [0.2, 0.25) is 0 Å². The van der Waals surface area contributed by atoms with E-state index in [1.165, 1.54) is 0 Å². The van der Waals surface area contributed by atoms with Crippen LogP contribution in [-0.2, 0) is 4.79 Å². The van der Waals surface area contributed by atoms with Crippen LogP contribution in [0, 0.1) is 13.8 Å². The number of anilines is 2. The molecule has 2 aromatic rings. The second-order valence-corrected chi connectivity index (χ2v) is 6.81. The van der Waals surface area contributed by atoms with Crippen LogP contribution in [0.4, 0.5) is 16.2 Å². The molecule has 0 spiro atoms. The Hall–Kier alpha value is -3.02. The highest BCUT2D eigenvalue weighted by Crippen LogP contribution is 2.24. The number of rotatable bonds is 5. The van der Waals surface area contributed by atoms with Crippen molar-refractivity contribution in [3.8, 4) is 5.75 Å². The number of nitrogens with zero attached hydrogens (tertiary/aromatic N) is 1. The SMILES string of the molecule is CCOc1ccc(N2CC(NC(=O)Nc3cc(C)cc(C)c3)CC2=O)cc1. The van der Waals surface area contributed by atoms with Crippen molar-refractivity contribution in [2.75, 3.05) is 23.4 Å². The number of hydrogen-bond acceptors (Lipinski definition) is 3. The molecule has 3 amide bonds. The van der Waals surface area contributed by atoms with Crippen molar-refractivity contribution in [3.05, 3.63) is 53.6 Å². The van der Waals surface area contributed by atoms with Gasteiger partial charge in [-0.1, -0.05) is 6.07 Å². The van der Waals surface area contributed by atoms with Crippen molar-refractivity contribution in [2.45, 2.75) is 33.2 Å². The van der Waals surface area contributed by atoms with Crippen LogP contribution in [0.15, 0.2) is 42.5 Å². The molecule has 0 bridgehead atoms. The Balaban J connectivity index is 1.59. The molecule has 0 radical (unpaired) electrons. The third kappa shape index (κ3) is 4.78. The highest BCUT2D eigenvalue weighted by Gasteiger charge is 2.31. The molecule has 2 aromatic carbocycles. The van der Waals surface area contributed by atoms with Gasteiger partial charge in [0.05, 0.1) is 12.6 Å². The molecule has 27 heavy (non-hydrogen) atoms. The summed E-state index contributed by atoms with van der Waals surface area (Å²) in [6.45, 7) is 6.95. The lowest BCUT2D eigenvalue weighted by atomic mass is 10.1. The molecule has 1 unspecified atom stereocenters. The van der Waals surface area contributed by atoms with Gasteiger partial charge in [-0.25, -0.2) is 4.79 Å². The number of ether oxygens (including phenoxy) is 1. The summed E-state index contributed by atoms with van der Waals surface area (Å²) in [5, 5.41) is 5.74. The fraction of sp³-hybridized carbons (Fsp3) is 0.333. The Kier molecular flexibility index (Phi) is 5.64. The van der Waals surface area contributed by atoms with Crippen molar-refractivity contribution in [1.29, 1.82) is 0 Å². The van der Waals surface area contributed by atoms with E-state index in [0.717, 1.165) is 28.3 Å². The molecule has 1 heterocycles. The molecule has 6 heteroatoms. The van der Waals surface area contributed by atoms with E-state index in [1.807, 2.05) is 63.2 Å². The summed E-state index contributed by atoms with van der Waals surface area (Å²) in [4.78, 5) is 26.3. The summed E-state index contributed by atoms with van der Waals surface area (Å²) in [5.41, 5.74) is 3.73. The van der Waals surface area contributed by atoms with Crippen LogP contribution in [0.5, 0.6) is 5.75 Å². The first-order valence-electron chi connectivity index (χ1n) is 9.13. The molecule has 2 N–H and O–H groups in total. The van der Waals surface area contributed by atoms with Crippen LogP contribution < -0.4 is 20.3 Å². The first kappa shape index (κ1) is 18.8. The maximum absolute atomic E-state index is 12.3. The lowest BCUT2D eigenvalue weighted by Crippen LogP contribution is -2.39. The average molecular weight is 367 g/mol. The molecule has 0 aliphatic carbocycles. The molecule has 1 atom stereocenters. The predicted octanol–water partition coefficient (Wildman–Crippen LogP) is 3.63. The molecule has 6 nitrogen and oxygen atoms in total. The van der Waals surface area contributed by atoms with E-state index in [4.69, 9.17) is 4.74 Å². The number of benzene rings is 2. The van der Waals surface area contributed by atoms with Crippen LogP contribution in [-0.4, -0.2) is 31.1 Å². The first-order chi connectivity index (χ1) is 12.9. The topological polar surface area (TPSA) is 70.7 Å². The minimum absolute atomic E-state index is 0.00383. The monoisotopic (exact) mass is 367 g/mol. The third-order valence-electron chi connectivity index (χ3n) is 4.40. The summed E-state index contributed by atoms with van der Waals surface area (Å²) in [5.74, 6) is 0.770. The van der Waals surface area contributed by atoms with Gasteiger partial charge in [0, 0.05) is 24.3 Å². The van der Waals surface area contributed by atoms with Gasteiger partial charge in [0.1, 0.15) is 5.75 Å². The van der Waals surface area contributed by atoms with Gasteiger partial charge in [-0.2, -0.15) is 0 Å². The van der Waals surface area contributed by atoms with Gasteiger partial charge in [0.15, 0.2) is 0 Å². The Morgan fingerprint density at radius 1 is 1.15 bits per heavy atom. The molecular weight excluding hydrogens is 342 g/mol. The predicted molar refractivity (Wildman–Crippen MR) is 106 cm³/mol. The number of urea groups is 1. The highest BCUT2D eigenvalue weighted by molar-refractivity contribution is 5.97. The van der Waals surface area contributed by atoms with Crippen molar-refractivity contribution in [3.63, 3.8) is 0 Å². The standard InChI is InChI=1S/C21H25N3O3/c1-4-27-19-7-5-18(6-8-19)24-13-17(12-20(24)25)23-21(26)22-16-10-14(2)9-15(3)11-16/h5-11,17H,4,12-13H2,1-3H3,(H2,22,23,26). The van der Waals surface area contributed by atoms with Crippen LogP contribution >= 0.6 is 0 Å². The first-order valence-corrected chi connectivity index (χ1v) is 9.13. The Morgan fingerprint density at radius 2 is 1.81 bits per heavy atom. The molecule has 0 aromatic heterocycles. The number of nitrogens with one attached hydrogen (secondary N) is 2. The summed E-state index contributed by atoms with van der Waals surface area (Å²) in [6.07, 6.45) is 0.285. The van der Waals surface area contributed by atoms with Crippen molar-refractivity contribution < 1.29 is 14.3 Å². The summed E-state index contributed by atoms with van der Waals surface area (Å²) in [7, 11) is 0. The maximum Gasteiger partial charge on any atom is 0.319 e. The van der Waals surface area contributed by atoms with E-state index in [0.29, 0.717) is 13.2 Å². The van der Waals surface area contributed by atoms with E-state index < -0.39 is 0 Å². The summed E-state index contributed by atoms with van der Waals surface area (Å²) >= 11 is 0. The maximum atomic E-state index is 12.3. The molecule has 1 aliphatic heterocycles. The van der Waals surface area contributed by atoms with E-state index >= 15 is 0 Å². The highest BCUT2D eigenvalue weighted by atomic mass is 16.5. The number of carbonyl (C=O) groups is 2. The van der Waals surface area contributed by atoms with Gasteiger partial charge < -0.3 is 20.3 Å².